The highest BCUT2D eigenvalue weighted by molar-refractivity contribution is 5.60. The lowest BCUT2D eigenvalue weighted by Gasteiger charge is -2.11. The number of nitrogens with one attached hydrogen (secondary N) is 1. The third-order valence-electron chi connectivity index (χ3n) is 3.32. The van der Waals surface area contributed by atoms with Gasteiger partial charge in [-0.1, -0.05) is 19.1 Å². The van der Waals surface area contributed by atoms with E-state index in [-0.39, 0.29) is 0 Å². The van der Waals surface area contributed by atoms with Crippen LogP contribution in [0.2, 0.25) is 0 Å². The first-order valence-corrected chi connectivity index (χ1v) is 7.48. The average molecular weight is 295 g/mol. The normalized spacial score (nSPS) is 10.1. The highest BCUT2D eigenvalue weighted by atomic mass is 16.5. The Bertz CT molecular complexity index is 672. The van der Waals surface area contributed by atoms with Gasteiger partial charge in [0.25, 0.3) is 0 Å². The van der Waals surface area contributed by atoms with Gasteiger partial charge in [0.1, 0.15) is 11.8 Å². The number of anilines is 1. The third-order valence-corrected chi connectivity index (χ3v) is 3.32. The number of pyridine rings is 1. The van der Waals surface area contributed by atoms with E-state index in [1.807, 2.05) is 44.2 Å². The van der Waals surface area contributed by atoms with E-state index in [2.05, 4.69) is 23.3 Å². The molecule has 1 N–H and O–H groups in total. The zero-order valence-electron chi connectivity index (χ0n) is 13.3. The molecule has 1 aromatic heterocycles. The maximum atomic E-state index is 9.26. The van der Waals surface area contributed by atoms with Gasteiger partial charge in [0.15, 0.2) is 0 Å². The first kappa shape index (κ1) is 15.8. The smallest absolute Gasteiger partial charge is 0.119 e. The van der Waals surface area contributed by atoms with Gasteiger partial charge in [-0.25, -0.2) is 0 Å². The summed E-state index contributed by atoms with van der Waals surface area (Å²) in [5, 5.41) is 12.6. The summed E-state index contributed by atoms with van der Waals surface area (Å²) in [5.74, 6) is 0.888. The second-order valence-corrected chi connectivity index (χ2v) is 5.23. The molecule has 0 bridgehead atoms. The summed E-state index contributed by atoms with van der Waals surface area (Å²) in [6, 6.07) is 12.1. The number of nitrogens with zero attached hydrogens (tertiary/aromatic N) is 2. The lowest BCUT2D eigenvalue weighted by Crippen LogP contribution is -2.04. The van der Waals surface area contributed by atoms with Gasteiger partial charge < -0.3 is 10.1 Å². The molecule has 0 saturated heterocycles. The largest absolute Gasteiger partial charge is 0.494 e. The Balaban J connectivity index is 2.06. The minimum absolute atomic E-state index is 0.605. The number of benzene rings is 1. The number of ether oxygens (including phenoxy) is 1. The molecule has 114 valence electrons. The van der Waals surface area contributed by atoms with Gasteiger partial charge in [0, 0.05) is 12.2 Å². The fourth-order valence-corrected chi connectivity index (χ4v) is 2.23. The second-order valence-electron chi connectivity index (χ2n) is 5.23. The molecule has 0 radical (unpaired) electrons. The second kappa shape index (κ2) is 7.46. The number of aromatic nitrogens is 1. The maximum Gasteiger partial charge on any atom is 0.119 e. The Labute approximate surface area is 131 Å². The van der Waals surface area contributed by atoms with Crippen LogP contribution in [0.1, 0.15) is 35.9 Å². The van der Waals surface area contributed by atoms with E-state index in [4.69, 9.17) is 4.74 Å². The fraction of sp³-hybridized carbons (Fsp3) is 0.333. The number of rotatable bonds is 6. The van der Waals surface area contributed by atoms with Crippen molar-refractivity contribution in [2.75, 3.05) is 11.9 Å². The lowest BCUT2D eigenvalue weighted by molar-refractivity contribution is 0.317. The SMILES string of the molecule is CCCOc1ccc(CNc2cc(C)nc(C)c2C#N)cc1. The molecule has 2 aromatic rings. The molecular weight excluding hydrogens is 274 g/mol. The van der Waals surface area contributed by atoms with E-state index in [0.29, 0.717) is 12.1 Å². The molecule has 0 aliphatic heterocycles. The van der Waals surface area contributed by atoms with Crippen LogP contribution in [0, 0.1) is 25.2 Å². The minimum Gasteiger partial charge on any atom is -0.494 e. The zero-order valence-corrected chi connectivity index (χ0v) is 13.3. The molecule has 0 spiro atoms. The van der Waals surface area contributed by atoms with E-state index >= 15 is 0 Å². The van der Waals surface area contributed by atoms with Gasteiger partial charge in [-0.2, -0.15) is 5.26 Å². The summed E-state index contributed by atoms with van der Waals surface area (Å²) in [4.78, 5) is 4.32. The molecular formula is C18H21N3O. The van der Waals surface area contributed by atoms with Crippen LogP contribution in [0.15, 0.2) is 30.3 Å². The van der Waals surface area contributed by atoms with Gasteiger partial charge in [-0.3, -0.25) is 4.98 Å². The van der Waals surface area contributed by atoms with Gasteiger partial charge in [-0.15, -0.1) is 0 Å². The van der Waals surface area contributed by atoms with E-state index in [0.717, 1.165) is 41.4 Å². The Morgan fingerprint density at radius 3 is 2.59 bits per heavy atom. The van der Waals surface area contributed by atoms with E-state index < -0.39 is 0 Å². The molecule has 0 unspecified atom stereocenters. The Morgan fingerprint density at radius 1 is 1.23 bits per heavy atom. The van der Waals surface area contributed by atoms with Crippen molar-refractivity contribution in [1.29, 1.82) is 5.26 Å². The predicted molar refractivity (Wildman–Crippen MR) is 88.0 cm³/mol. The summed E-state index contributed by atoms with van der Waals surface area (Å²) >= 11 is 0. The molecule has 22 heavy (non-hydrogen) atoms. The van der Waals surface area contributed by atoms with Crippen LogP contribution in [0.4, 0.5) is 5.69 Å². The Kier molecular flexibility index (Phi) is 5.37. The molecule has 0 saturated carbocycles. The summed E-state index contributed by atoms with van der Waals surface area (Å²) < 4.78 is 5.57. The van der Waals surface area contributed by atoms with Gasteiger partial charge in [0.2, 0.25) is 0 Å². The standard InChI is InChI=1S/C18H21N3O/c1-4-9-22-16-7-5-15(6-8-16)12-20-18-10-13(2)21-14(3)17(18)11-19/h5-8,10H,4,9,12H2,1-3H3,(H,20,21). The third kappa shape index (κ3) is 3.98. The van der Waals surface area contributed by atoms with E-state index in [1.54, 1.807) is 0 Å². The molecule has 1 aromatic carbocycles. The topological polar surface area (TPSA) is 57.9 Å². The van der Waals surface area contributed by atoms with Crippen LogP contribution in [0.5, 0.6) is 5.75 Å². The molecule has 0 aliphatic rings. The molecule has 0 amide bonds. The van der Waals surface area contributed by atoms with Gasteiger partial charge in [-0.05, 0) is 44.0 Å². The lowest BCUT2D eigenvalue weighted by atomic mass is 10.1. The highest BCUT2D eigenvalue weighted by Gasteiger charge is 2.07. The van der Waals surface area contributed by atoms with Gasteiger partial charge >= 0.3 is 0 Å². The number of hydrogen-bond acceptors (Lipinski definition) is 4. The highest BCUT2D eigenvalue weighted by Crippen LogP contribution is 2.20. The molecule has 1 heterocycles. The Morgan fingerprint density at radius 2 is 1.95 bits per heavy atom. The Hall–Kier alpha value is -2.54. The summed E-state index contributed by atoms with van der Waals surface area (Å²) in [7, 11) is 0. The summed E-state index contributed by atoms with van der Waals surface area (Å²) in [6.07, 6.45) is 1.00. The van der Waals surface area contributed by atoms with Crippen LogP contribution in [0.25, 0.3) is 0 Å². The van der Waals surface area contributed by atoms with Crippen molar-refractivity contribution in [2.45, 2.75) is 33.7 Å². The maximum absolute atomic E-state index is 9.26. The summed E-state index contributed by atoms with van der Waals surface area (Å²) in [6.45, 7) is 7.27. The first-order valence-electron chi connectivity index (χ1n) is 7.48. The van der Waals surface area contributed by atoms with Crippen molar-refractivity contribution in [3.05, 3.63) is 52.8 Å². The monoisotopic (exact) mass is 295 g/mol. The number of aryl methyl sites for hydroxylation is 2. The molecule has 0 aliphatic carbocycles. The molecule has 0 atom stereocenters. The van der Waals surface area contributed by atoms with Crippen molar-refractivity contribution in [2.24, 2.45) is 0 Å². The fourth-order valence-electron chi connectivity index (χ4n) is 2.23. The van der Waals surface area contributed by atoms with Crippen molar-refractivity contribution in [1.82, 2.24) is 4.98 Å². The molecule has 4 heteroatoms. The van der Waals surface area contributed by atoms with E-state index in [1.165, 1.54) is 0 Å². The van der Waals surface area contributed by atoms with Crippen molar-refractivity contribution in [3.8, 4) is 11.8 Å². The first-order chi connectivity index (χ1) is 10.6. The van der Waals surface area contributed by atoms with E-state index in [9.17, 15) is 5.26 Å². The van der Waals surface area contributed by atoms with Crippen LogP contribution >= 0.6 is 0 Å². The van der Waals surface area contributed by atoms with Gasteiger partial charge in [0.05, 0.1) is 23.6 Å². The van der Waals surface area contributed by atoms with Crippen LogP contribution in [-0.2, 0) is 6.54 Å². The predicted octanol–water partition coefficient (Wildman–Crippen LogP) is 3.97. The summed E-state index contributed by atoms with van der Waals surface area (Å²) in [5.41, 5.74) is 4.24. The van der Waals surface area contributed by atoms with Crippen molar-refractivity contribution < 1.29 is 4.74 Å². The minimum atomic E-state index is 0.605. The molecule has 2 rings (SSSR count). The average Bonchev–Trinajstić information content (AvgIpc) is 2.51. The quantitative estimate of drug-likeness (QED) is 0.876. The van der Waals surface area contributed by atoms with Crippen LogP contribution in [-0.4, -0.2) is 11.6 Å². The van der Waals surface area contributed by atoms with Crippen LogP contribution < -0.4 is 10.1 Å². The number of nitriles is 1. The zero-order chi connectivity index (χ0) is 15.9. The van der Waals surface area contributed by atoms with Crippen molar-refractivity contribution in [3.63, 3.8) is 0 Å². The van der Waals surface area contributed by atoms with Crippen LogP contribution in [0.3, 0.4) is 0 Å². The number of hydrogen-bond donors (Lipinski definition) is 1. The molecule has 4 nitrogen and oxygen atoms in total. The molecule has 0 fully saturated rings. The van der Waals surface area contributed by atoms with Crippen molar-refractivity contribution >= 4 is 5.69 Å².